The van der Waals surface area contributed by atoms with Gasteiger partial charge in [0.15, 0.2) is 0 Å². The number of halogens is 3. The normalized spacial score (nSPS) is 24.9. The summed E-state index contributed by atoms with van der Waals surface area (Å²) >= 11 is 0. The summed E-state index contributed by atoms with van der Waals surface area (Å²) in [6.45, 7) is 10.8. The highest BCUT2D eigenvalue weighted by Gasteiger charge is 2.46. The van der Waals surface area contributed by atoms with Crippen LogP contribution in [-0.2, 0) is 20.8 Å². The second-order valence-corrected chi connectivity index (χ2v) is 7.36. The van der Waals surface area contributed by atoms with E-state index in [9.17, 15) is 13.2 Å². The lowest BCUT2D eigenvalue weighted by Crippen LogP contribution is -2.56. The van der Waals surface area contributed by atoms with Crippen LogP contribution in [0.1, 0.15) is 30.7 Å². The first-order valence-electron chi connectivity index (χ1n) is 9.41. The predicted octanol–water partition coefficient (Wildman–Crippen LogP) is 3.19. The number of carboxylic acid groups (broad SMARTS) is 1. The van der Waals surface area contributed by atoms with E-state index in [4.69, 9.17) is 23.9 Å². The fourth-order valence-electron chi connectivity index (χ4n) is 3.80. The second kappa shape index (κ2) is 10.2. The molecule has 3 rings (SSSR count). The Bertz CT molecular complexity index is 679. The molecule has 0 radical (unpaired) electrons. The molecule has 0 aliphatic carbocycles. The van der Waals surface area contributed by atoms with Crippen LogP contribution < -0.4 is 0 Å². The maximum Gasteiger partial charge on any atom is 0.490 e. The van der Waals surface area contributed by atoms with Gasteiger partial charge in [-0.2, -0.15) is 13.2 Å². The van der Waals surface area contributed by atoms with E-state index in [1.807, 2.05) is 19.1 Å². The number of alkyl halides is 3. The van der Waals surface area contributed by atoms with Gasteiger partial charge in [-0.05, 0) is 26.2 Å². The van der Waals surface area contributed by atoms with Gasteiger partial charge in [0.1, 0.15) is 5.76 Å². The number of aryl methyl sites for hydroxylation is 1. The van der Waals surface area contributed by atoms with E-state index in [0.29, 0.717) is 12.7 Å². The largest absolute Gasteiger partial charge is 0.490 e. The number of hydrogen-bond acceptors (Lipinski definition) is 6. The second-order valence-electron chi connectivity index (χ2n) is 7.36. The Morgan fingerprint density at radius 2 is 2.28 bits per heavy atom. The first-order valence-corrected chi connectivity index (χ1v) is 9.41. The molecule has 3 heterocycles. The van der Waals surface area contributed by atoms with Gasteiger partial charge in [-0.25, -0.2) is 4.79 Å². The molecule has 0 saturated carbocycles. The molecule has 2 aliphatic heterocycles. The third-order valence-corrected chi connectivity index (χ3v) is 5.00. The minimum absolute atomic E-state index is 0.109. The molecule has 1 aromatic rings. The van der Waals surface area contributed by atoms with Crippen LogP contribution in [0, 0.1) is 12.3 Å². The SMILES string of the molecule is C=CCOCC12CCCOC1CCN(Cc1cc(C)on1)C2.O=C(O)C(F)(F)F. The Kier molecular flexibility index (Phi) is 8.23. The number of fused-ring (bicyclic) bond motifs is 1. The molecule has 2 atom stereocenters. The molecule has 7 nitrogen and oxygen atoms in total. The molecule has 29 heavy (non-hydrogen) atoms. The molecule has 164 valence electrons. The summed E-state index contributed by atoms with van der Waals surface area (Å²) in [5.41, 5.74) is 1.12. The zero-order valence-corrected chi connectivity index (χ0v) is 16.4. The molecule has 0 bridgehead atoms. The maximum absolute atomic E-state index is 10.6. The fraction of sp³-hybridized carbons (Fsp3) is 0.684. The number of carbonyl (C=O) groups is 1. The monoisotopic (exact) mass is 420 g/mol. The standard InChI is InChI=1S/C17H26N2O3.C2HF3O2/c1-3-8-20-13-17-6-4-9-21-16(17)5-7-19(12-17)11-15-10-14(2)22-18-15;3-2(4,5)1(6)7/h3,10,16H,1,4-9,11-13H2,2H3;(H,6,7). The summed E-state index contributed by atoms with van der Waals surface area (Å²) < 4.78 is 48.8. The van der Waals surface area contributed by atoms with Crippen LogP contribution in [0.2, 0.25) is 0 Å². The summed E-state index contributed by atoms with van der Waals surface area (Å²) in [6, 6.07) is 2.02. The predicted molar refractivity (Wildman–Crippen MR) is 97.2 cm³/mol. The van der Waals surface area contributed by atoms with Crippen molar-refractivity contribution in [1.82, 2.24) is 10.1 Å². The van der Waals surface area contributed by atoms with E-state index in [-0.39, 0.29) is 5.41 Å². The first-order chi connectivity index (χ1) is 13.7. The van der Waals surface area contributed by atoms with Crippen molar-refractivity contribution in [3.05, 3.63) is 30.2 Å². The lowest BCUT2D eigenvalue weighted by atomic mass is 9.73. The summed E-state index contributed by atoms with van der Waals surface area (Å²) in [4.78, 5) is 11.4. The van der Waals surface area contributed by atoms with E-state index in [0.717, 1.165) is 57.1 Å². The van der Waals surface area contributed by atoms with Crippen molar-refractivity contribution < 1.29 is 37.1 Å². The smallest absolute Gasteiger partial charge is 0.475 e. The Hall–Kier alpha value is -1.91. The Morgan fingerprint density at radius 1 is 1.55 bits per heavy atom. The number of ether oxygens (including phenoxy) is 2. The Labute approximate surface area is 167 Å². The third-order valence-electron chi connectivity index (χ3n) is 5.00. The van der Waals surface area contributed by atoms with E-state index in [1.165, 1.54) is 6.42 Å². The molecule has 0 amide bonds. The third kappa shape index (κ3) is 6.83. The van der Waals surface area contributed by atoms with Gasteiger partial charge in [0.25, 0.3) is 0 Å². The highest BCUT2D eigenvalue weighted by molar-refractivity contribution is 5.73. The van der Waals surface area contributed by atoms with Crippen LogP contribution in [-0.4, -0.2) is 66.3 Å². The number of aliphatic carboxylic acids is 1. The number of aromatic nitrogens is 1. The maximum atomic E-state index is 10.6. The van der Waals surface area contributed by atoms with Crippen molar-refractivity contribution in [2.24, 2.45) is 5.41 Å². The molecule has 1 aromatic heterocycles. The molecule has 2 saturated heterocycles. The summed E-state index contributed by atoms with van der Waals surface area (Å²) in [7, 11) is 0. The average molecular weight is 420 g/mol. The fourth-order valence-corrected chi connectivity index (χ4v) is 3.80. The van der Waals surface area contributed by atoms with Gasteiger partial charge in [0, 0.05) is 37.7 Å². The summed E-state index contributed by atoms with van der Waals surface area (Å²) in [5.74, 6) is -1.89. The van der Waals surface area contributed by atoms with Crippen LogP contribution in [0.25, 0.3) is 0 Å². The number of rotatable bonds is 6. The average Bonchev–Trinajstić information content (AvgIpc) is 3.06. The van der Waals surface area contributed by atoms with Crippen LogP contribution in [0.5, 0.6) is 0 Å². The van der Waals surface area contributed by atoms with E-state index < -0.39 is 12.1 Å². The number of nitrogens with zero attached hydrogens (tertiary/aromatic N) is 2. The van der Waals surface area contributed by atoms with Crippen LogP contribution in [0.4, 0.5) is 13.2 Å². The Balaban J connectivity index is 0.000000370. The zero-order chi connectivity index (χ0) is 21.5. The van der Waals surface area contributed by atoms with Crippen molar-refractivity contribution in [2.75, 3.05) is 32.9 Å². The molecule has 0 aromatic carbocycles. The van der Waals surface area contributed by atoms with E-state index in [2.05, 4.69) is 16.6 Å². The number of hydrogen-bond donors (Lipinski definition) is 1. The van der Waals surface area contributed by atoms with Crippen LogP contribution in [0.3, 0.4) is 0 Å². The minimum Gasteiger partial charge on any atom is -0.475 e. The van der Waals surface area contributed by atoms with Gasteiger partial charge in [-0.15, -0.1) is 6.58 Å². The van der Waals surface area contributed by atoms with Gasteiger partial charge in [0.05, 0.1) is 25.0 Å². The molecular formula is C19H27F3N2O5. The summed E-state index contributed by atoms with van der Waals surface area (Å²) in [6.07, 6.45) is 0.400. The number of piperidine rings is 1. The van der Waals surface area contributed by atoms with Gasteiger partial charge >= 0.3 is 12.1 Å². The highest BCUT2D eigenvalue weighted by atomic mass is 19.4. The van der Waals surface area contributed by atoms with Gasteiger partial charge in [-0.1, -0.05) is 11.2 Å². The molecular weight excluding hydrogens is 393 g/mol. The van der Waals surface area contributed by atoms with Crippen molar-refractivity contribution in [1.29, 1.82) is 0 Å². The lowest BCUT2D eigenvalue weighted by molar-refractivity contribution is -0.192. The first kappa shape index (κ1) is 23.4. The number of likely N-dealkylation sites (tertiary alicyclic amines) is 1. The molecule has 2 fully saturated rings. The molecule has 1 N–H and O–H groups in total. The van der Waals surface area contributed by atoms with Crippen LogP contribution >= 0.6 is 0 Å². The highest BCUT2D eigenvalue weighted by Crippen LogP contribution is 2.40. The molecule has 0 spiro atoms. The van der Waals surface area contributed by atoms with Gasteiger partial charge in [-0.3, -0.25) is 4.90 Å². The molecule has 2 aliphatic rings. The topological polar surface area (TPSA) is 85.0 Å². The van der Waals surface area contributed by atoms with Gasteiger partial charge in [0.2, 0.25) is 0 Å². The summed E-state index contributed by atoms with van der Waals surface area (Å²) in [5, 5.41) is 11.2. The zero-order valence-electron chi connectivity index (χ0n) is 16.4. The van der Waals surface area contributed by atoms with Crippen LogP contribution in [0.15, 0.2) is 23.2 Å². The number of carboxylic acids is 1. The van der Waals surface area contributed by atoms with Gasteiger partial charge < -0.3 is 19.1 Å². The molecule has 10 heteroatoms. The Morgan fingerprint density at radius 3 is 2.86 bits per heavy atom. The van der Waals surface area contributed by atoms with Crippen molar-refractivity contribution >= 4 is 5.97 Å². The van der Waals surface area contributed by atoms with E-state index in [1.54, 1.807) is 0 Å². The lowest BCUT2D eigenvalue weighted by Gasteiger charge is -2.50. The molecule has 2 unspecified atom stereocenters. The van der Waals surface area contributed by atoms with Crippen molar-refractivity contribution in [2.45, 2.75) is 45.0 Å². The van der Waals surface area contributed by atoms with Crippen molar-refractivity contribution in [3.8, 4) is 0 Å². The quantitative estimate of drug-likeness (QED) is 0.559. The van der Waals surface area contributed by atoms with Crippen molar-refractivity contribution in [3.63, 3.8) is 0 Å². The minimum atomic E-state index is -5.08. The van der Waals surface area contributed by atoms with E-state index >= 15 is 0 Å².